The number of phenolic OH excluding ortho intramolecular Hbond substituents is 3. The van der Waals surface area contributed by atoms with Crippen molar-refractivity contribution in [3.8, 4) is 17.2 Å². The number of hydrogen-bond donors (Lipinski definition) is 4. The minimum absolute atomic E-state index is 0.249. The molecule has 1 aromatic carbocycles. The van der Waals surface area contributed by atoms with Gasteiger partial charge in [0.1, 0.15) is 0 Å². The zero-order chi connectivity index (χ0) is 15.3. The van der Waals surface area contributed by atoms with Gasteiger partial charge in [-0.15, -0.1) is 0 Å². The Morgan fingerprint density at radius 1 is 1.00 bits per heavy atom. The molecule has 1 aromatic rings. The SMILES string of the molecule is CC1(C)OB([C@@H](N)c2ccc(O)c(O)c2O)OC1(C)C. The summed E-state index contributed by atoms with van der Waals surface area (Å²) in [7, 11) is -0.755. The maximum absolute atomic E-state index is 9.87. The van der Waals surface area contributed by atoms with Crippen molar-refractivity contribution in [2.24, 2.45) is 5.73 Å². The number of benzene rings is 1. The van der Waals surface area contributed by atoms with E-state index in [4.69, 9.17) is 15.0 Å². The van der Waals surface area contributed by atoms with Crippen LogP contribution >= 0.6 is 0 Å². The van der Waals surface area contributed by atoms with Crippen LogP contribution in [0.5, 0.6) is 17.2 Å². The van der Waals surface area contributed by atoms with Crippen LogP contribution in [0.4, 0.5) is 0 Å². The highest BCUT2D eigenvalue weighted by Crippen LogP contribution is 2.43. The molecule has 110 valence electrons. The summed E-state index contributed by atoms with van der Waals surface area (Å²) < 4.78 is 11.6. The monoisotopic (exact) mass is 281 g/mol. The Hall–Kier alpha value is -1.44. The first-order chi connectivity index (χ1) is 9.07. The maximum atomic E-state index is 9.87. The van der Waals surface area contributed by atoms with E-state index in [1.165, 1.54) is 12.1 Å². The molecule has 1 saturated heterocycles. The summed E-state index contributed by atoms with van der Waals surface area (Å²) in [6.45, 7) is 7.59. The van der Waals surface area contributed by atoms with E-state index in [2.05, 4.69) is 0 Å². The van der Waals surface area contributed by atoms with Crippen molar-refractivity contribution < 1.29 is 24.6 Å². The fraction of sp³-hybridized carbons (Fsp3) is 0.538. The maximum Gasteiger partial charge on any atom is 0.480 e. The first-order valence-electron chi connectivity index (χ1n) is 6.42. The third-order valence-corrected chi connectivity index (χ3v) is 4.08. The third-order valence-electron chi connectivity index (χ3n) is 4.08. The van der Waals surface area contributed by atoms with Crippen LogP contribution in [0.2, 0.25) is 0 Å². The van der Waals surface area contributed by atoms with Crippen molar-refractivity contribution in [1.29, 1.82) is 0 Å². The highest BCUT2D eigenvalue weighted by atomic mass is 16.7. The molecule has 0 saturated carbocycles. The number of aromatic hydroxyl groups is 3. The van der Waals surface area contributed by atoms with Crippen molar-refractivity contribution in [3.05, 3.63) is 17.7 Å². The first-order valence-corrected chi connectivity index (χ1v) is 6.42. The van der Waals surface area contributed by atoms with Crippen LogP contribution in [0.3, 0.4) is 0 Å². The predicted octanol–water partition coefficient (Wildman–Crippen LogP) is 1.43. The van der Waals surface area contributed by atoms with Crippen LogP contribution in [-0.4, -0.2) is 33.6 Å². The summed E-state index contributed by atoms with van der Waals surface area (Å²) in [5.41, 5.74) is 5.23. The molecule has 20 heavy (non-hydrogen) atoms. The van der Waals surface area contributed by atoms with Crippen molar-refractivity contribution in [1.82, 2.24) is 0 Å². The lowest BCUT2D eigenvalue weighted by Crippen LogP contribution is -2.41. The standard InChI is InChI=1S/C13H20BNO5/c1-12(2)13(3,4)20-14(19-12)11(15)7-5-6-8(16)10(18)9(7)17/h5-6,11,16-18H,15H2,1-4H3/t11-/m0/s1. The summed E-state index contributed by atoms with van der Waals surface area (Å²) in [4.78, 5) is 0. The van der Waals surface area contributed by atoms with Gasteiger partial charge >= 0.3 is 7.12 Å². The first kappa shape index (κ1) is 15.0. The quantitative estimate of drug-likeness (QED) is 0.483. The molecule has 0 bridgehead atoms. The van der Waals surface area contributed by atoms with Gasteiger partial charge in [-0.3, -0.25) is 0 Å². The van der Waals surface area contributed by atoms with Crippen LogP contribution < -0.4 is 5.73 Å². The number of nitrogens with two attached hydrogens (primary N) is 1. The minimum Gasteiger partial charge on any atom is -0.504 e. The Labute approximate surface area is 118 Å². The molecule has 1 aliphatic heterocycles. The molecule has 0 unspecified atom stereocenters. The van der Waals surface area contributed by atoms with Gasteiger partial charge in [-0.1, -0.05) is 6.07 Å². The van der Waals surface area contributed by atoms with Gasteiger partial charge in [-0.25, -0.2) is 0 Å². The topological polar surface area (TPSA) is 105 Å². The molecule has 1 fully saturated rings. The van der Waals surface area contributed by atoms with Crippen LogP contribution in [-0.2, 0) is 9.31 Å². The van der Waals surface area contributed by atoms with E-state index in [1.54, 1.807) is 0 Å². The summed E-state index contributed by atoms with van der Waals surface area (Å²) in [5.74, 6) is -2.27. The molecule has 0 aliphatic carbocycles. The van der Waals surface area contributed by atoms with Gasteiger partial charge in [-0.2, -0.15) is 0 Å². The van der Waals surface area contributed by atoms with Gasteiger partial charge in [0.15, 0.2) is 11.5 Å². The van der Waals surface area contributed by atoms with Crippen LogP contribution in [0.1, 0.15) is 39.2 Å². The zero-order valence-corrected chi connectivity index (χ0v) is 12.0. The molecule has 2 rings (SSSR count). The Kier molecular flexibility index (Phi) is 3.40. The van der Waals surface area contributed by atoms with E-state index in [0.717, 1.165) is 0 Å². The van der Waals surface area contributed by atoms with Crippen molar-refractivity contribution in [2.45, 2.75) is 44.8 Å². The molecular formula is C13H20BNO5. The molecule has 1 heterocycles. The second-order valence-electron chi connectivity index (χ2n) is 6.02. The fourth-order valence-corrected chi connectivity index (χ4v) is 2.04. The Bertz CT molecular complexity index is 516. The van der Waals surface area contributed by atoms with Gasteiger partial charge in [-0.05, 0) is 33.8 Å². The summed E-state index contributed by atoms with van der Waals surface area (Å²) in [6, 6.07) is 2.69. The van der Waals surface area contributed by atoms with Crippen molar-refractivity contribution in [2.75, 3.05) is 0 Å². The normalized spacial score (nSPS) is 21.9. The molecule has 0 radical (unpaired) electrons. The fourth-order valence-electron chi connectivity index (χ4n) is 2.04. The lowest BCUT2D eigenvalue weighted by molar-refractivity contribution is 0.00578. The minimum atomic E-state index is -0.789. The molecule has 1 atom stereocenters. The smallest absolute Gasteiger partial charge is 0.480 e. The summed E-state index contributed by atoms with van der Waals surface area (Å²) in [6.07, 6.45) is 0. The molecule has 7 heteroatoms. The summed E-state index contributed by atoms with van der Waals surface area (Å²) >= 11 is 0. The Balaban J connectivity index is 2.30. The molecular weight excluding hydrogens is 261 g/mol. The average molecular weight is 281 g/mol. The molecule has 0 spiro atoms. The van der Waals surface area contributed by atoms with Crippen LogP contribution in [0, 0.1) is 0 Å². The van der Waals surface area contributed by atoms with Gasteiger partial charge < -0.3 is 30.4 Å². The Morgan fingerprint density at radius 2 is 1.50 bits per heavy atom. The largest absolute Gasteiger partial charge is 0.504 e. The Morgan fingerprint density at radius 3 is 2.00 bits per heavy atom. The van der Waals surface area contributed by atoms with E-state index in [-0.39, 0.29) is 5.56 Å². The highest BCUT2D eigenvalue weighted by Gasteiger charge is 2.53. The molecule has 0 aromatic heterocycles. The van der Waals surface area contributed by atoms with Crippen LogP contribution in [0.25, 0.3) is 0 Å². The van der Waals surface area contributed by atoms with Gasteiger partial charge in [0.2, 0.25) is 5.75 Å². The lowest BCUT2D eigenvalue weighted by atomic mass is 9.74. The molecule has 1 aliphatic rings. The predicted molar refractivity (Wildman–Crippen MR) is 74.4 cm³/mol. The van der Waals surface area contributed by atoms with Gasteiger partial charge in [0, 0.05) is 5.56 Å². The second-order valence-corrected chi connectivity index (χ2v) is 6.02. The zero-order valence-electron chi connectivity index (χ0n) is 12.0. The van der Waals surface area contributed by atoms with E-state index >= 15 is 0 Å². The molecule has 5 N–H and O–H groups in total. The molecule has 0 amide bonds. The molecule has 6 nitrogen and oxygen atoms in total. The van der Waals surface area contributed by atoms with E-state index in [9.17, 15) is 15.3 Å². The van der Waals surface area contributed by atoms with Crippen LogP contribution in [0.15, 0.2) is 12.1 Å². The van der Waals surface area contributed by atoms with E-state index in [0.29, 0.717) is 0 Å². The third kappa shape index (κ3) is 2.22. The number of hydrogen-bond acceptors (Lipinski definition) is 6. The number of phenols is 3. The van der Waals surface area contributed by atoms with E-state index in [1.807, 2.05) is 27.7 Å². The van der Waals surface area contributed by atoms with Crippen molar-refractivity contribution in [3.63, 3.8) is 0 Å². The lowest BCUT2D eigenvalue weighted by Gasteiger charge is -2.32. The second kappa shape index (κ2) is 4.54. The van der Waals surface area contributed by atoms with Gasteiger partial charge in [0.25, 0.3) is 0 Å². The number of rotatable bonds is 2. The van der Waals surface area contributed by atoms with E-state index < -0.39 is 41.5 Å². The highest BCUT2D eigenvalue weighted by molar-refractivity contribution is 6.47. The average Bonchev–Trinajstić information content (AvgIpc) is 2.55. The van der Waals surface area contributed by atoms with Gasteiger partial charge in [0.05, 0.1) is 17.1 Å². The van der Waals surface area contributed by atoms with Crippen molar-refractivity contribution >= 4 is 7.12 Å². The summed E-state index contributed by atoms with van der Waals surface area (Å²) in [5, 5.41) is 28.7.